The molecule has 6 nitrogen and oxygen atoms in total. The Labute approximate surface area is 144 Å². The number of para-hydroxylation sites is 1. The molecule has 1 aliphatic heterocycles. The van der Waals surface area contributed by atoms with E-state index in [0.29, 0.717) is 0 Å². The summed E-state index contributed by atoms with van der Waals surface area (Å²) in [7, 11) is -4.67. The highest BCUT2D eigenvalue weighted by Gasteiger charge is 2.40. The van der Waals surface area contributed by atoms with Crippen molar-refractivity contribution in [1.82, 2.24) is 0 Å². The van der Waals surface area contributed by atoms with Gasteiger partial charge in [-0.25, -0.2) is 0 Å². The molecule has 1 aromatic carbocycles. The van der Waals surface area contributed by atoms with E-state index in [1.165, 1.54) is 38.5 Å². The van der Waals surface area contributed by atoms with Crippen LogP contribution in [0.2, 0.25) is 0 Å². The first-order valence-electron chi connectivity index (χ1n) is 8.42. The number of ether oxygens (including phenoxy) is 2. The van der Waals surface area contributed by atoms with E-state index in [0.717, 1.165) is 25.2 Å². The van der Waals surface area contributed by atoms with Gasteiger partial charge in [-0.3, -0.25) is 9.11 Å². The fourth-order valence-electron chi connectivity index (χ4n) is 2.54. The Bertz CT molecular complexity index is 531. The van der Waals surface area contributed by atoms with Crippen LogP contribution in [0.15, 0.2) is 30.3 Å². The van der Waals surface area contributed by atoms with E-state index >= 15 is 0 Å². The molecule has 0 aromatic heterocycles. The summed E-state index contributed by atoms with van der Waals surface area (Å²) in [6.07, 6.45) is 9.93. The summed E-state index contributed by atoms with van der Waals surface area (Å²) in [6, 6.07) is 10.0. The molecular weight excluding hydrogens is 332 g/mol. The number of hydrogen-bond acceptors (Lipinski definition) is 4. The van der Waals surface area contributed by atoms with Crippen LogP contribution < -0.4 is 4.74 Å². The van der Waals surface area contributed by atoms with Gasteiger partial charge in [0, 0.05) is 12.8 Å². The maximum atomic E-state index is 8.74. The molecule has 0 aliphatic carbocycles. The summed E-state index contributed by atoms with van der Waals surface area (Å²) < 4.78 is 43.4. The molecule has 1 aromatic rings. The van der Waals surface area contributed by atoms with Gasteiger partial charge in [-0.15, -0.1) is 0 Å². The monoisotopic (exact) mass is 360 g/mol. The van der Waals surface area contributed by atoms with E-state index in [2.05, 4.69) is 6.92 Å². The molecule has 1 fully saturated rings. The molecule has 0 spiro atoms. The van der Waals surface area contributed by atoms with Crippen LogP contribution in [0.3, 0.4) is 0 Å². The second-order valence-electron chi connectivity index (χ2n) is 5.89. The second kappa shape index (κ2) is 10.7. The summed E-state index contributed by atoms with van der Waals surface area (Å²) in [5.74, 6) is 0.597. The lowest BCUT2D eigenvalue weighted by Crippen LogP contribution is -2.48. The first kappa shape index (κ1) is 20.9. The minimum Gasteiger partial charge on any atom is -0.462 e. The zero-order chi connectivity index (χ0) is 17.9. The van der Waals surface area contributed by atoms with Crippen molar-refractivity contribution < 1.29 is 27.0 Å². The third-order valence-electron chi connectivity index (χ3n) is 3.81. The molecule has 1 aliphatic rings. The zero-order valence-electron chi connectivity index (χ0n) is 14.2. The average Bonchev–Trinajstić information content (AvgIpc) is 2.47. The van der Waals surface area contributed by atoms with Crippen molar-refractivity contribution in [1.29, 1.82) is 0 Å². The van der Waals surface area contributed by atoms with Gasteiger partial charge in [0.25, 0.3) is 0 Å². The van der Waals surface area contributed by atoms with E-state index < -0.39 is 10.4 Å². The van der Waals surface area contributed by atoms with Crippen molar-refractivity contribution in [2.24, 2.45) is 0 Å². The molecule has 7 heteroatoms. The highest BCUT2D eigenvalue weighted by Crippen LogP contribution is 2.34. The normalized spacial score (nSPS) is 19.8. The van der Waals surface area contributed by atoms with E-state index in [1.54, 1.807) is 0 Å². The summed E-state index contributed by atoms with van der Waals surface area (Å²) in [5.41, 5.74) is 0. The van der Waals surface area contributed by atoms with Crippen LogP contribution in [-0.4, -0.2) is 29.9 Å². The Hall–Kier alpha value is -1.15. The number of unbranched alkanes of at least 4 members (excludes halogenated alkanes) is 5. The molecule has 2 rings (SSSR count). The predicted molar refractivity (Wildman–Crippen MR) is 92.5 cm³/mol. The SMILES string of the molecule is CCCCCCCCC1(Oc2ccccc2)CCO1.O=S(=O)(O)O. The quantitative estimate of drug-likeness (QED) is 0.504. The highest BCUT2D eigenvalue weighted by molar-refractivity contribution is 7.79. The maximum Gasteiger partial charge on any atom is 0.394 e. The van der Waals surface area contributed by atoms with Gasteiger partial charge >= 0.3 is 10.4 Å². The average molecular weight is 360 g/mol. The molecule has 1 atom stereocenters. The van der Waals surface area contributed by atoms with Crippen molar-refractivity contribution in [3.8, 4) is 5.75 Å². The molecule has 1 heterocycles. The van der Waals surface area contributed by atoms with E-state index in [4.69, 9.17) is 27.0 Å². The fraction of sp³-hybridized carbons (Fsp3) is 0.647. The summed E-state index contributed by atoms with van der Waals surface area (Å²) in [5, 5.41) is 0. The molecule has 0 radical (unpaired) electrons. The third kappa shape index (κ3) is 9.87. The van der Waals surface area contributed by atoms with Crippen LogP contribution in [0.25, 0.3) is 0 Å². The Kier molecular flexibility index (Phi) is 9.28. The second-order valence-corrected chi connectivity index (χ2v) is 6.79. The third-order valence-corrected chi connectivity index (χ3v) is 3.81. The number of hydrogen-bond donors (Lipinski definition) is 2. The van der Waals surface area contributed by atoms with Gasteiger partial charge in [0.1, 0.15) is 5.75 Å². The predicted octanol–water partition coefficient (Wildman–Crippen LogP) is 4.28. The van der Waals surface area contributed by atoms with Gasteiger partial charge in [0.05, 0.1) is 6.61 Å². The van der Waals surface area contributed by atoms with Crippen LogP contribution in [-0.2, 0) is 15.1 Å². The van der Waals surface area contributed by atoms with Crippen LogP contribution in [0.1, 0.15) is 58.3 Å². The summed E-state index contributed by atoms with van der Waals surface area (Å²) >= 11 is 0. The van der Waals surface area contributed by atoms with Crippen LogP contribution in [0.5, 0.6) is 5.75 Å². The topological polar surface area (TPSA) is 93.1 Å². The lowest BCUT2D eigenvalue weighted by molar-refractivity contribution is -0.267. The van der Waals surface area contributed by atoms with Crippen molar-refractivity contribution in [2.45, 2.75) is 64.1 Å². The van der Waals surface area contributed by atoms with Crippen molar-refractivity contribution in [3.63, 3.8) is 0 Å². The van der Waals surface area contributed by atoms with Gasteiger partial charge in [-0.05, 0) is 18.6 Å². The lowest BCUT2D eigenvalue weighted by atomic mass is 9.99. The number of rotatable bonds is 9. The van der Waals surface area contributed by atoms with Crippen molar-refractivity contribution in [3.05, 3.63) is 30.3 Å². The molecule has 0 bridgehead atoms. The summed E-state index contributed by atoms with van der Waals surface area (Å²) in [6.45, 7) is 3.09. The standard InChI is InChI=1S/C17H26O2.H2O4S/c1-2-3-4-5-6-10-13-17(14-15-18-17)19-16-11-8-7-9-12-16;1-5(2,3)4/h7-9,11-12H,2-6,10,13-15H2,1H3;(H2,1,2,3,4). The molecule has 0 saturated carbocycles. The first-order valence-corrected chi connectivity index (χ1v) is 9.82. The fourth-order valence-corrected chi connectivity index (χ4v) is 2.54. The van der Waals surface area contributed by atoms with E-state index in [-0.39, 0.29) is 5.79 Å². The van der Waals surface area contributed by atoms with Gasteiger partial charge in [-0.2, -0.15) is 8.42 Å². The van der Waals surface area contributed by atoms with Crippen LogP contribution in [0.4, 0.5) is 0 Å². The van der Waals surface area contributed by atoms with Crippen LogP contribution in [0, 0.1) is 0 Å². The minimum atomic E-state index is -4.67. The number of benzene rings is 1. The van der Waals surface area contributed by atoms with Crippen LogP contribution >= 0.6 is 0 Å². The minimum absolute atomic E-state index is 0.327. The lowest BCUT2D eigenvalue weighted by Gasteiger charge is -2.41. The molecule has 0 amide bonds. The maximum absolute atomic E-state index is 8.74. The van der Waals surface area contributed by atoms with Gasteiger partial charge in [0.2, 0.25) is 5.79 Å². The molecule has 24 heavy (non-hydrogen) atoms. The zero-order valence-corrected chi connectivity index (χ0v) is 15.0. The summed E-state index contributed by atoms with van der Waals surface area (Å²) in [4.78, 5) is 0. The molecule has 2 N–H and O–H groups in total. The Morgan fingerprint density at radius 2 is 1.62 bits per heavy atom. The van der Waals surface area contributed by atoms with Gasteiger partial charge < -0.3 is 9.47 Å². The Morgan fingerprint density at radius 3 is 2.12 bits per heavy atom. The Morgan fingerprint density at radius 1 is 1.08 bits per heavy atom. The molecule has 1 saturated heterocycles. The largest absolute Gasteiger partial charge is 0.462 e. The van der Waals surface area contributed by atoms with Crippen molar-refractivity contribution >= 4 is 10.4 Å². The van der Waals surface area contributed by atoms with E-state index in [1.807, 2.05) is 30.3 Å². The van der Waals surface area contributed by atoms with Gasteiger partial charge in [0.15, 0.2) is 0 Å². The molecule has 138 valence electrons. The van der Waals surface area contributed by atoms with Gasteiger partial charge in [-0.1, -0.05) is 57.2 Å². The van der Waals surface area contributed by atoms with Crippen molar-refractivity contribution in [2.75, 3.05) is 6.61 Å². The smallest absolute Gasteiger partial charge is 0.394 e. The Balaban J connectivity index is 0.000000505. The highest BCUT2D eigenvalue weighted by atomic mass is 32.3. The first-order chi connectivity index (χ1) is 11.3. The van der Waals surface area contributed by atoms with E-state index in [9.17, 15) is 0 Å². The molecule has 1 unspecified atom stereocenters. The molecular formula is C17H28O6S.